The summed E-state index contributed by atoms with van der Waals surface area (Å²) in [5, 5.41) is 54.5. The van der Waals surface area contributed by atoms with Crippen LogP contribution in [0.15, 0.2) is 109 Å². The van der Waals surface area contributed by atoms with Gasteiger partial charge in [-0.3, -0.25) is 4.79 Å². The normalized spacial score (nSPS) is 19.4. The number of aliphatic hydroxyl groups is 5. The maximum Gasteiger partial charge on any atom is 0.220 e. The van der Waals surface area contributed by atoms with Crippen LogP contribution in [0.25, 0.3) is 0 Å². The number of unbranched alkanes of at least 4 members (excludes halogenated alkanes) is 28. The Bertz CT molecular complexity index is 1590. The van der Waals surface area contributed by atoms with Gasteiger partial charge in [-0.25, -0.2) is 0 Å². The fourth-order valence-electron chi connectivity index (χ4n) is 9.57. The molecule has 1 heterocycles. The molecule has 9 nitrogen and oxygen atoms in total. The zero-order valence-corrected chi connectivity index (χ0v) is 49.9. The summed E-state index contributed by atoms with van der Waals surface area (Å²) in [6.45, 7) is 3.64. The first-order chi connectivity index (χ1) is 38.3. The van der Waals surface area contributed by atoms with Crippen molar-refractivity contribution in [2.45, 2.75) is 307 Å². The average Bonchev–Trinajstić information content (AvgIpc) is 3.46. The second-order valence-corrected chi connectivity index (χ2v) is 21.8. The lowest BCUT2D eigenvalue weighted by atomic mass is 9.99. The van der Waals surface area contributed by atoms with Gasteiger partial charge >= 0.3 is 0 Å². The van der Waals surface area contributed by atoms with Crippen LogP contribution in [0.4, 0.5) is 0 Å². The standard InChI is InChI=1S/C69H119NO8/c1-3-5-7-9-11-13-15-17-19-20-21-22-23-24-25-26-27-28-29-30-31-32-33-34-35-36-37-38-39-40-41-42-43-44-45-47-49-51-53-55-57-59-65(73)70-62(61-77-69-68(76)67(75)66(74)64(60-71)78-69)63(72)58-56-54-52-50-48-46-18-16-14-12-10-8-6-4-2/h5,7,11,13,17,19,21-22,24-25,27-28,30-31,48,50,56,58,62-64,66-69,71-72,74-76H,3-4,6,8-10,12,14-16,18,20,23,26,29,32-47,49,51-55,57,59-61H2,1-2H3,(H,70,73)/b7-5-,13-11-,19-17-,22-21-,25-24-,28-27-,31-30-,50-48+,58-56+. The molecule has 1 saturated heterocycles. The van der Waals surface area contributed by atoms with Gasteiger partial charge in [0.2, 0.25) is 5.91 Å². The first-order valence-electron chi connectivity index (χ1n) is 32.1. The third-order valence-electron chi connectivity index (χ3n) is 14.6. The van der Waals surface area contributed by atoms with Crippen molar-refractivity contribution in [1.82, 2.24) is 5.32 Å². The van der Waals surface area contributed by atoms with Crippen molar-refractivity contribution in [2.75, 3.05) is 13.2 Å². The minimum absolute atomic E-state index is 0.187. The van der Waals surface area contributed by atoms with E-state index < -0.39 is 49.5 Å². The average molecular weight is 1090 g/mol. The molecule has 7 atom stereocenters. The van der Waals surface area contributed by atoms with E-state index in [1.807, 2.05) is 6.08 Å². The van der Waals surface area contributed by atoms with Crippen molar-refractivity contribution in [3.05, 3.63) is 109 Å². The predicted octanol–water partition coefficient (Wildman–Crippen LogP) is 16.9. The molecule has 0 bridgehead atoms. The zero-order chi connectivity index (χ0) is 56.5. The maximum absolute atomic E-state index is 13.1. The number of nitrogens with one attached hydrogen (secondary N) is 1. The molecule has 7 unspecified atom stereocenters. The minimum Gasteiger partial charge on any atom is -0.394 e. The van der Waals surface area contributed by atoms with Crippen LogP contribution in [-0.2, 0) is 14.3 Å². The van der Waals surface area contributed by atoms with Gasteiger partial charge in [-0.2, -0.15) is 0 Å². The number of amides is 1. The van der Waals surface area contributed by atoms with Crippen molar-refractivity contribution in [3.8, 4) is 0 Å². The molecule has 78 heavy (non-hydrogen) atoms. The number of aliphatic hydroxyl groups excluding tert-OH is 5. The molecular weight excluding hydrogens is 971 g/mol. The highest BCUT2D eigenvalue weighted by Crippen LogP contribution is 2.23. The molecule has 1 amide bonds. The Kier molecular flexibility index (Phi) is 53.3. The van der Waals surface area contributed by atoms with Crippen LogP contribution in [0.5, 0.6) is 0 Å². The van der Waals surface area contributed by atoms with E-state index in [4.69, 9.17) is 9.47 Å². The lowest BCUT2D eigenvalue weighted by Crippen LogP contribution is -2.60. The van der Waals surface area contributed by atoms with Crippen LogP contribution in [-0.4, -0.2) is 87.5 Å². The Hall–Kier alpha value is -3.15. The number of rotatable bonds is 54. The molecule has 0 aliphatic carbocycles. The van der Waals surface area contributed by atoms with Crippen molar-refractivity contribution in [1.29, 1.82) is 0 Å². The molecule has 0 radical (unpaired) electrons. The molecule has 0 spiro atoms. The summed E-state index contributed by atoms with van der Waals surface area (Å²) in [5.41, 5.74) is 0. The summed E-state index contributed by atoms with van der Waals surface area (Å²) in [7, 11) is 0. The predicted molar refractivity (Wildman–Crippen MR) is 331 cm³/mol. The quantitative estimate of drug-likeness (QED) is 0.0261. The van der Waals surface area contributed by atoms with Crippen LogP contribution in [0, 0.1) is 0 Å². The molecule has 0 aromatic carbocycles. The summed E-state index contributed by atoms with van der Waals surface area (Å²) in [4.78, 5) is 13.1. The summed E-state index contributed by atoms with van der Waals surface area (Å²) in [6.07, 6.45) is 77.6. The molecule has 0 aromatic rings. The van der Waals surface area contributed by atoms with E-state index in [0.717, 1.165) is 83.5 Å². The molecule has 1 fully saturated rings. The van der Waals surface area contributed by atoms with E-state index in [9.17, 15) is 30.3 Å². The number of carbonyl (C=O) groups is 1. The summed E-state index contributed by atoms with van der Waals surface area (Å²) in [5.74, 6) is -0.187. The fourth-order valence-corrected chi connectivity index (χ4v) is 9.57. The van der Waals surface area contributed by atoms with Crippen molar-refractivity contribution >= 4 is 5.91 Å². The summed E-state index contributed by atoms with van der Waals surface area (Å²) >= 11 is 0. The second-order valence-electron chi connectivity index (χ2n) is 21.8. The molecule has 9 heteroatoms. The zero-order valence-electron chi connectivity index (χ0n) is 49.9. The maximum atomic E-state index is 13.1. The van der Waals surface area contributed by atoms with Crippen molar-refractivity contribution < 1.29 is 39.8 Å². The van der Waals surface area contributed by atoms with Crippen LogP contribution in [0.2, 0.25) is 0 Å². The number of hydrogen-bond acceptors (Lipinski definition) is 8. The van der Waals surface area contributed by atoms with Crippen molar-refractivity contribution in [3.63, 3.8) is 0 Å². The largest absolute Gasteiger partial charge is 0.394 e. The van der Waals surface area contributed by atoms with Crippen LogP contribution in [0.1, 0.15) is 264 Å². The smallest absolute Gasteiger partial charge is 0.220 e. The molecule has 0 aromatic heterocycles. The van der Waals surface area contributed by atoms with Crippen molar-refractivity contribution in [2.24, 2.45) is 0 Å². The van der Waals surface area contributed by atoms with E-state index in [2.05, 4.69) is 116 Å². The van der Waals surface area contributed by atoms with Gasteiger partial charge in [-0.15, -0.1) is 0 Å². The highest BCUT2D eigenvalue weighted by atomic mass is 16.7. The van der Waals surface area contributed by atoms with Gasteiger partial charge in [0.05, 0.1) is 25.4 Å². The van der Waals surface area contributed by atoms with Gasteiger partial charge in [0.15, 0.2) is 6.29 Å². The number of ether oxygens (including phenoxy) is 2. The fraction of sp³-hybridized carbons (Fsp3) is 0.725. The molecule has 0 saturated carbocycles. The minimum atomic E-state index is -1.57. The first kappa shape index (κ1) is 72.9. The molecule has 1 rings (SSSR count). The van der Waals surface area contributed by atoms with Gasteiger partial charge in [-0.1, -0.05) is 277 Å². The van der Waals surface area contributed by atoms with Gasteiger partial charge < -0.3 is 40.3 Å². The Morgan fingerprint density at radius 2 is 0.808 bits per heavy atom. The van der Waals surface area contributed by atoms with Gasteiger partial charge in [0, 0.05) is 6.42 Å². The number of carbonyl (C=O) groups excluding carboxylic acids is 1. The Morgan fingerprint density at radius 1 is 0.449 bits per heavy atom. The SMILES string of the molecule is CC/C=C\C/C=C\C/C=C\C/C=C\C/C=C\C/C=C\C/C=C\CCCCCCCCCCCCCCCCCCCCCC(=O)NC(COC1OC(CO)C(O)C(O)C1O)C(O)/C=C/CC/C=C/CCCCCCCCCC. The van der Waals surface area contributed by atoms with Gasteiger partial charge in [0.1, 0.15) is 24.4 Å². The molecule has 448 valence electrons. The third kappa shape index (κ3) is 45.6. The molecule has 1 aliphatic heterocycles. The molecule has 1 aliphatic rings. The lowest BCUT2D eigenvalue weighted by molar-refractivity contribution is -0.302. The van der Waals surface area contributed by atoms with Crippen LogP contribution < -0.4 is 5.32 Å². The topological polar surface area (TPSA) is 149 Å². The third-order valence-corrected chi connectivity index (χ3v) is 14.6. The van der Waals surface area contributed by atoms with Gasteiger partial charge in [-0.05, 0) is 89.9 Å². The highest BCUT2D eigenvalue weighted by Gasteiger charge is 2.44. The first-order valence-corrected chi connectivity index (χ1v) is 32.1. The van der Waals surface area contributed by atoms with E-state index >= 15 is 0 Å². The monoisotopic (exact) mass is 1090 g/mol. The Morgan fingerprint density at radius 3 is 1.23 bits per heavy atom. The van der Waals surface area contributed by atoms with Crippen LogP contribution >= 0.6 is 0 Å². The molecular formula is C69H119NO8. The number of hydrogen-bond donors (Lipinski definition) is 6. The van der Waals surface area contributed by atoms with E-state index in [1.54, 1.807) is 6.08 Å². The Balaban J connectivity index is 2.07. The van der Waals surface area contributed by atoms with E-state index in [1.165, 1.54) is 161 Å². The number of allylic oxidation sites excluding steroid dienone is 17. The summed E-state index contributed by atoms with van der Waals surface area (Å²) in [6, 6.07) is -0.825. The van der Waals surface area contributed by atoms with Crippen LogP contribution in [0.3, 0.4) is 0 Å². The molecule has 6 N–H and O–H groups in total. The van der Waals surface area contributed by atoms with E-state index in [0.29, 0.717) is 6.42 Å². The van der Waals surface area contributed by atoms with E-state index in [-0.39, 0.29) is 12.5 Å². The summed E-state index contributed by atoms with van der Waals surface area (Å²) < 4.78 is 11.3. The highest BCUT2D eigenvalue weighted by molar-refractivity contribution is 5.76. The van der Waals surface area contributed by atoms with Gasteiger partial charge in [0.25, 0.3) is 0 Å². The lowest BCUT2D eigenvalue weighted by Gasteiger charge is -2.40. The second kappa shape index (κ2) is 57.1. The Labute approximate surface area is 478 Å².